The summed E-state index contributed by atoms with van der Waals surface area (Å²) in [4.78, 5) is 0. The van der Waals surface area contributed by atoms with Crippen LogP contribution in [0.25, 0.3) is 0 Å². The maximum atomic E-state index is 5.50. The number of nitrogens with one attached hydrogen (secondary N) is 1. The third-order valence-electron chi connectivity index (χ3n) is 3.60. The topological polar surface area (TPSA) is 38.0 Å². The molecule has 0 aromatic heterocycles. The standard InChI is InChI=1S/C13H28N2/c1-2-5-12-6-3-7-13(9-8-12)15-11-4-10-14/h12-13,15H,2-11,14H2,1H3. The van der Waals surface area contributed by atoms with Crippen molar-refractivity contribution in [1.29, 1.82) is 0 Å². The number of rotatable bonds is 6. The van der Waals surface area contributed by atoms with Gasteiger partial charge in [-0.1, -0.05) is 32.6 Å². The smallest absolute Gasteiger partial charge is 0.00671 e. The Kier molecular flexibility index (Phi) is 7.03. The van der Waals surface area contributed by atoms with E-state index in [2.05, 4.69) is 12.2 Å². The molecule has 1 rings (SSSR count). The van der Waals surface area contributed by atoms with Crippen LogP contribution in [0.4, 0.5) is 0 Å². The van der Waals surface area contributed by atoms with Crippen LogP contribution in [-0.4, -0.2) is 19.1 Å². The fourth-order valence-electron chi connectivity index (χ4n) is 2.69. The average Bonchev–Trinajstić information content (AvgIpc) is 2.45. The van der Waals surface area contributed by atoms with Crippen LogP contribution in [0.5, 0.6) is 0 Å². The molecule has 2 unspecified atom stereocenters. The normalized spacial score (nSPS) is 27.6. The number of hydrogen-bond acceptors (Lipinski definition) is 2. The highest BCUT2D eigenvalue weighted by molar-refractivity contribution is 4.74. The van der Waals surface area contributed by atoms with E-state index in [1.165, 1.54) is 44.9 Å². The quantitative estimate of drug-likeness (QED) is 0.525. The minimum absolute atomic E-state index is 0.776. The fraction of sp³-hybridized carbons (Fsp3) is 1.00. The zero-order valence-electron chi connectivity index (χ0n) is 10.3. The van der Waals surface area contributed by atoms with Crippen LogP contribution in [0.1, 0.15) is 58.3 Å². The van der Waals surface area contributed by atoms with E-state index in [9.17, 15) is 0 Å². The van der Waals surface area contributed by atoms with Gasteiger partial charge in [-0.05, 0) is 44.7 Å². The lowest BCUT2D eigenvalue weighted by molar-refractivity contribution is 0.409. The van der Waals surface area contributed by atoms with E-state index < -0.39 is 0 Å². The molecule has 1 saturated carbocycles. The Morgan fingerprint density at radius 3 is 2.80 bits per heavy atom. The van der Waals surface area contributed by atoms with Crippen LogP contribution in [0.2, 0.25) is 0 Å². The zero-order valence-corrected chi connectivity index (χ0v) is 10.3. The molecule has 2 atom stereocenters. The van der Waals surface area contributed by atoms with Gasteiger partial charge in [0.15, 0.2) is 0 Å². The lowest BCUT2D eigenvalue weighted by Gasteiger charge is -2.16. The highest BCUT2D eigenvalue weighted by atomic mass is 14.9. The molecule has 90 valence electrons. The Hall–Kier alpha value is -0.0800. The molecule has 1 aliphatic carbocycles. The van der Waals surface area contributed by atoms with Gasteiger partial charge >= 0.3 is 0 Å². The average molecular weight is 212 g/mol. The van der Waals surface area contributed by atoms with Crippen LogP contribution in [0.3, 0.4) is 0 Å². The van der Waals surface area contributed by atoms with Crippen molar-refractivity contribution in [3.8, 4) is 0 Å². The minimum atomic E-state index is 0.776. The van der Waals surface area contributed by atoms with Gasteiger partial charge in [-0.3, -0.25) is 0 Å². The molecule has 3 N–H and O–H groups in total. The Morgan fingerprint density at radius 2 is 2.07 bits per heavy atom. The van der Waals surface area contributed by atoms with Gasteiger partial charge in [0.05, 0.1) is 0 Å². The van der Waals surface area contributed by atoms with Gasteiger partial charge in [0.1, 0.15) is 0 Å². The molecule has 0 aromatic carbocycles. The summed E-state index contributed by atoms with van der Waals surface area (Å²) in [6.07, 6.45) is 11.0. The second-order valence-corrected chi connectivity index (χ2v) is 4.96. The molecule has 0 spiro atoms. The summed E-state index contributed by atoms with van der Waals surface area (Å²) in [5.74, 6) is 1.01. The molecule has 0 aliphatic heterocycles. The third kappa shape index (κ3) is 5.53. The first kappa shape index (κ1) is 13.0. The second-order valence-electron chi connectivity index (χ2n) is 4.96. The molecule has 0 radical (unpaired) electrons. The minimum Gasteiger partial charge on any atom is -0.330 e. The number of hydrogen-bond donors (Lipinski definition) is 2. The molecule has 1 aliphatic rings. The zero-order chi connectivity index (χ0) is 10.9. The Bertz CT molecular complexity index is 147. The van der Waals surface area contributed by atoms with E-state index in [0.29, 0.717) is 0 Å². The predicted molar refractivity (Wildman–Crippen MR) is 66.9 cm³/mol. The van der Waals surface area contributed by atoms with Gasteiger partial charge in [0.2, 0.25) is 0 Å². The van der Waals surface area contributed by atoms with Crippen molar-refractivity contribution >= 4 is 0 Å². The third-order valence-corrected chi connectivity index (χ3v) is 3.60. The summed E-state index contributed by atoms with van der Waals surface area (Å²) >= 11 is 0. The first-order valence-electron chi connectivity index (χ1n) is 6.80. The van der Waals surface area contributed by atoms with E-state index in [0.717, 1.165) is 31.5 Å². The summed E-state index contributed by atoms with van der Waals surface area (Å²) in [5, 5.41) is 3.65. The van der Waals surface area contributed by atoms with Gasteiger partial charge in [0, 0.05) is 6.04 Å². The van der Waals surface area contributed by atoms with E-state index in [-0.39, 0.29) is 0 Å². The van der Waals surface area contributed by atoms with Gasteiger partial charge in [0.25, 0.3) is 0 Å². The van der Waals surface area contributed by atoms with E-state index in [1.807, 2.05) is 0 Å². The molecular formula is C13H28N2. The maximum absolute atomic E-state index is 5.50. The maximum Gasteiger partial charge on any atom is 0.00671 e. The van der Waals surface area contributed by atoms with Gasteiger partial charge in [-0.2, -0.15) is 0 Å². The van der Waals surface area contributed by atoms with Crippen molar-refractivity contribution in [2.75, 3.05) is 13.1 Å². The largest absolute Gasteiger partial charge is 0.330 e. The Labute approximate surface area is 95.0 Å². The molecule has 0 aromatic rings. The first-order valence-corrected chi connectivity index (χ1v) is 6.80. The summed E-state index contributed by atoms with van der Waals surface area (Å²) < 4.78 is 0. The Balaban J connectivity index is 2.14. The molecular weight excluding hydrogens is 184 g/mol. The van der Waals surface area contributed by atoms with Gasteiger partial charge in [-0.15, -0.1) is 0 Å². The van der Waals surface area contributed by atoms with Crippen LogP contribution >= 0.6 is 0 Å². The molecule has 1 fully saturated rings. The van der Waals surface area contributed by atoms with Crippen molar-refractivity contribution in [3.05, 3.63) is 0 Å². The van der Waals surface area contributed by atoms with E-state index in [1.54, 1.807) is 0 Å². The summed E-state index contributed by atoms with van der Waals surface area (Å²) in [5.41, 5.74) is 5.50. The van der Waals surface area contributed by atoms with Crippen LogP contribution < -0.4 is 11.1 Å². The van der Waals surface area contributed by atoms with Crippen molar-refractivity contribution in [2.24, 2.45) is 11.7 Å². The molecule has 0 saturated heterocycles. The molecule has 0 bridgehead atoms. The van der Waals surface area contributed by atoms with E-state index >= 15 is 0 Å². The van der Waals surface area contributed by atoms with Crippen molar-refractivity contribution < 1.29 is 0 Å². The van der Waals surface area contributed by atoms with Gasteiger partial charge < -0.3 is 11.1 Å². The highest BCUT2D eigenvalue weighted by Crippen LogP contribution is 2.26. The second kappa shape index (κ2) is 8.12. The van der Waals surface area contributed by atoms with Crippen molar-refractivity contribution in [3.63, 3.8) is 0 Å². The van der Waals surface area contributed by atoms with Crippen molar-refractivity contribution in [1.82, 2.24) is 5.32 Å². The molecule has 0 amide bonds. The first-order chi connectivity index (χ1) is 7.36. The molecule has 15 heavy (non-hydrogen) atoms. The van der Waals surface area contributed by atoms with Crippen LogP contribution in [0.15, 0.2) is 0 Å². The summed E-state index contributed by atoms with van der Waals surface area (Å²) in [6, 6.07) is 0.776. The van der Waals surface area contributed by atoms with Crippen LogP contribution in [-0.2, 0) is 0 Å². The predicted octanol–water partition coefficient (Wildman–Crippen LogP) is 2.67. The molecule has 2 nitrogen and oxygen atoms in total. The number of nitrogens with two attached hydrogens (primary N) is 1. The lowest BCUT2D eigenvalue weighted by atomic mass is 9.95. The summed E-state index contributed by atoms with van der Waals surface area (Å²) in [7, 11) is 0. The summed E-state index contributed by atoms with van der Waals surface area (Å²) in [6.45, 7) is 4.24. The molecule has 2 heteroatoms. The van der Waals surface area contributed by atoms with Crippen LogP contribution in [0, 0.1) is 5.92 Å². The monoisotopic (exact) mass is 212 g/mol. The van der Waals surface area contributed by atoms with Crippen molar-refractivity contribution in [2.45, 2.75) is 64.3 Å². The molecule has 0 heterocycles. The lowest BCUT2D eigenvalue weighted by Crippen LogP contribution is -2.30. The van der Waals surface area contributed by atoms with E-state index in [4.69, 9.17) is 5.73 Å². The highest BCUT2D eigenvalue weighted by Gasteiger charge is 2.17. The fourth-order valence-corrected chi connectivity index (χ4v) is 2.69. The van der Waals surface area contributed by atoms with Gasteiger partial charge in [-0.25, -0.2) is 0 Å². The SMILES string of the molecule is CCCC1CCCC(NCCCN)CC1. The Morgan fingerprint density at radius 1 is 1.20 bits per heavy atom.